The van der Waals surface area contributed by atoms with Gasteiger partial charge in [-0.15, -0.1) is 0 Å². The molecule has 0 aliphatic carbocycles. The van der Waals surface area contributed by atoms with Crippen molar-refractivity contribution in [1.29, 1.82) is 0 Å². The van der Waals surface area contributed by atoms with Crippen LogP contribution >= 0.6 is 15.9 Å². The van der Waals surface area contributed by atoms with Gasteiger partial charge in [0.15, 0.2) is 0 Å². The molecule has 0 radical (unpaired) electrons. The molecule has 5 heteroatoms. The minimum Gasteiger partial charge on any atom is -0.351 e. The Kier molecular flexibility index (Phi) is 6.15. The molecule has 1 rings (SSSR count). The van der Waals surface area contributed by atoms with Crippen LogP contribution in [0.15, 0.2) is 22.7 Å². The van der Waals surface area contributed by atoms with Crippen molar-refractivity contribution in [3.63, 3.8) is 0 Å². The average molecular weight is 303 g/mol. The van der Waals surface area contributed by atoms with E-state index in [0.29, 0.717) is 18.7 Å². The van der Waals surface area contributed by atoms with Crippen molar-refractivity contribution in [3.05, 3.63) is 34.1 Å². The number of hydrogen-bond donors (Lipinski definition) is 2. The molecule has 17 heavy (non-hydrogen) atoms. The Balaban J connectivity index is 2.44. The zero-order valence-corrected chi connectivity index (χ0v) is 11.3. The summed E-state index contributed by atoms with van der Waals surface area (Å²) in [5.74, 6) is -0.698. The highest BCUT2D eigenvalue weighted by Crippen LogP contribution is 2.19. The van der Waals surface area contributed by atoms with E-state index in [-0.39, 0.29) is 10.4 Å². The SMILES string of the molecule is CCCNCCNC(=O)c1cccc(F)c1Br. The zero-order valence-electron chi connectivity index (χ0n) is 9.72. The Hall–Kier alpha value is -0.940. The van der Waals surface area contributed by atoms with E-state index < -0.39 is 5.82 Å². The van der Waals surface area contributed by atoms with Crippen LogP contribution in [-0.2, 0) is 0 Å². The number of rotatable bonds is 6. The summed E-state index contributed by atoms with van der Waals surface area (Å²) in [6, 6.07) is 4.41. The Bertz CT molecular complexity index is 385. The highest BCUT2D eigenvalue weighted by Gasteiger charge is 2.11. The molecule has 1 amide bonds. The first kappa shape index (κ1) is 14.1. The number of hydrogen-bond acceptors (Lipinski definition) is 2. The van der Waals surface area contributed by atoms with Gasteiger partial charge in [0.2, 0.25) is 0 Å². The van der Waals surface area contributed by atoms with Crippen LogP contribution in [0.4, 0.5) is 4.39 Å². The highest BCUT2D eigenvalue weighted by molar-refractivity contribution is 9.10. The van der Waals surface area contributed by atoms with Crippen molar-refractivity contribution in [2.75, 3.05) is 19.6 Å². The minimum absolute atomic E-state index is 0.207. The highest BCUT2D eigenvalue weighted by atomic mass is 79.9. The van der Waals surface area contributed by atoms with Gasteiger partial charge in [-0.2, -0.15) is 0 Å². The van der Waals surface area contributed by atoms with Gasteiger partial charge in [-0.05, 0) is 41.0 Å². The molecule has 1 aromatic carbocycles. The van der Waals surface area contributed by atoms with Crippen LogP contribution in [-0.4, -0.2) is 25.5 Å². The topological polar surface area (TPSA) is 41.1 Å². The quantitative estimate of drug-likeness (QED) is 0.792. The molecule has 0 saturated carbocycles. The Morgan fingerprint density at radius 3 is 2.82 bits per heavy atom. The zero-order chi connectivity index (χ0) is 12.7. The van der Waals surface area contributed by atoms with Gasteiger partial charge in [-0.1, -0.05) is 13.0 Å². The standard InChI is InChI=1S/C12H16BrFN2O/c1-2-6-15-7-8-16-12(17)9-4-3-5-10(14)11(9)13/h3-5,15H,2,6-8H2,1H3,(H,16,17). The molecule has 0 aliphatic heterocycles. The first-order valence-electron chi connectivity index (χ1n) is 5.59. The van der Waals surface area contributed by atoms with E-state index >= 15 is 0 Å². The van der Waals surface area contributed by atoms with Crippen LogP contribution in [0.2, 0.25) is 0 Å². The van der Waals surface area contributed by atoms with E-state index in [0.717, 1.165) is 13.0 Å². The smallest absolute Gasteiger partial charge is 0.252 e. The first-order chi connectivity index (χ1) is 8.16. The minimum atomic E-state index is -0.429. The third-order valence-electron chi connectivity index (χ3n) is 2.21. The summed E-state index contributed by atoms with van der Waals surface area (Å²) in [5.41, 5.74) is 0.320. The van der Waals surface area contributed by atoms with Crippen LogP contribution in [0.25, 0.3) is 0 Å². The molecule has 2 N–H and O–H groups in total. The van der Waals surface area contributed by atoms with E-state index in [1.165, 1.54) is 12.1 Å². The monoisotopic (exact) mass is 302 g/mol. The predicted molar refractivity (Wildman–Crippen MR) is 69.6 cm³/mol. The number of benzene rings is 1. The normalized spacial score (nSPS) is 10.3. The van der Waals surface area contributed by atoms with Crippen molar-refractivity contribution < 1.29 is 9.18 Å². The number of carbonyl (C=O) groups excluding carboxylic acids is 1. The van der Waals surface area contributed by atoms with Crippen molar-refractivity contribution >= 4 is 21.8 Å². The molecule has 0 spiro atoms. The summed E-state index contributed by atoms with van der Waals surface area (Å²) in [6.07, 6.45) is 1.06. The first-order valence-corrected chi connectivity index (χ1v) is 6.39. The second-order valence-electron chi connectivity index (χ2n) is 3.61. The summed E-state index contributed by atoms with van der Waals surface area (Å²) in [6.45, 7) is 4.25. The lowest BCUT2D eigenvalue weighted by Crippen LogP contribution is -2.32. The largest absolute Gasteiger partial charge is 0.351 e. The van der Waals surface area contributed by atoms with E-state index in [9.17, 15) is 9.18 Å². The molecule has 0 atom stereocenters. The molecular formula is C12H16BrFN2O. The summed E-state index contributed by atoms with van der Waals surface area (Å²) in [4.78, 5) is 11.7. The summed E-state index contributed by atoms with van der Waals surface area (Å²) in [7, 11) is 0. The third kappa shape index (κ3) is 4.44. The second kappa shape index (κ2) is 7.40. The molecule has 3 nitrogen and oxygen atoms in total. The van der Waals surface area contributed by atoms with Crippen molar-refractivity contribution in [3.8, 4) is 0 Å². The maximum absolute atomic E-state index is 13.2. The summed E-state index contributed by atoms with van der Waals surface area (Å²) >= 11 is 3.06. The van der Waals surface area contributed by atoms with Gasteiger partial charge in [0.05, 0.1) is 10.0 Å². The summed E-state index contributed by atoms with van der Waals surface area (Å²) < 4.78 is 13.4. The molecule has 0 bridgehead atoms. The van der Waals surface area contributed by atoms with E-state index in [1.807, 2.05) is 0 Å². The molecule has 0 aliphatic rings. The van der Waals surface area contributed by atoms with Gasteiger partial charge in [0, 0.05) is 13.1 Å². The lowest BCUT2D eigenvalue weighted by molar-refractivity contribution is 0.0952. The van der Waals surface area contributed by atoms with Crippen molar-refractivity contribution in [2.24, 2.45) is 0 Å². The molecule has 0 heterocycles. The van der Waals surface area contributed by atoms with Crippen LogP contribution in [0.1, 0.15) is 23.7 Å². The number of carbonyl (C=O) groups is 1. The molecule has 0 aromatic heterocycles. The van der Waals surface area contributed by atoms with Gasteiger partial charge >= 0.3 is 0 Å². The number of nitrogens with one attached hydrogen (secondary N) is 2. The molecular weight excluding hydrogens is 287 g/mol. The Labute approximate surface area is 109 Å². The van der Waals surface area contributed by atoms with Gasteiger partial charge in [0.25, 0.3) is 5.91 Å². The average Bonchev–Trinajstić information content (AvgIpc) is 2.32. The van der Waals surface area contributed by atoms with E-state index in [2.05, 4.69) is 33.5 Å². The predicted octanol–water partition coefficient (Wildman–Crippen LogP) is 2.32. The molecule has 0 fully saturated rings. The maximum Gasteiger partial charge on any atom is 0.252 e. The van der Waals surface area contributed by atoms with Gasteiger partial charge < -0.3 is 10.6 Å². The van der Waals surface area contributed by atoms with Gasteiger partial charge in [-0.3, -0.25) is 4.79 Å². The molecule has 94 valence electrons. The second-order valence-corrected chi connectivity index (χ2v) is 4.40. The third-order valence-corrected chi connectivity index (χ3v) is 3.02. The van der Waals surface area contributed by atoms with Crippen LogP contribution < -0.4 is 10.6 Å². The number of halogens is 2. The molecule has 1 aromatic rings. The van der Waals surface area contributed by atoms with Crippen molar-refractivity contribution in [1.82, 2.24) is 10.6 Å². The maximum atomic E-state index is 13.2. The lowest BCUT2D eigenvalue weighted by atomic mass is 10.2. The van der Waals surface area contributed by atoms with Gasteiger partial charge in [-0.25, -0.2) is 4.39 Å². The fourth-order valence-corrected chi connectivity index (χ4v) is 1.78. The Morgan fingerprint density at radius 1 is 1.35 bits per heavy atom. The molecule has 0 unspecified atom stereocenters. The van der Waals surface area contributed by atoms with E-state index in [4.69, 9.17) is 0 Å². The lowest BCUT2D eigenvalue weighted by Gasteiger charge is -2.07. The fourth-order valence-electron chi connectivity index (χ4n) is 1.34. The van der Waals surface area contributed by atoms with Crippen LogP contribution in [0, 0.1) is 5.82 Å². The van der Waals surface area contributed by atoms with Crippen LogP contribution in [0.3, 0.4) is 0 Å². The summed E-state index contributed by atoms with van der Waals surface area (Å²) in [5, 5.41) is 5.90. The van der Waals surface area contributed by atoms with E-state index in [1.54, 1.807) is 6.07 Å². The van der Waals surface area contributed by atoms with Crippen molar-refractivity contribution in [2.45, 2.75) is 13.3 Å². The Morgan fingerprint density at radius 2 is 2.12 bits per heavy atom. The van der Waals surface area contributed by atoms with Gasteiger partial charge in [0.1, 0.15) is 5.82 Å². The fraction of sp³-hybridized carbons (Fsp3) is 0.417. The van der Waals surface area contributed by atoms with Crippen LogP contribution in [0.5, 0.6) is 0 Å². The molecule has 0 saturated heterocycles. The number of amides is 1.